The lowest BCUT2D eigenvalue weighted by atomic mass is 10.2. The molecule has 0 amide bonds. The Hall–Kier alpha value is -0.610. The lowest BCUT2D eigenvalue weighted by Crippen LogP contribution is -2.19. The molecule has 0 aromatic carbocycles. The van der Waals surface area contributed by atoms with E-state index in [0.717, 1.165) is 17.8 Å². The van der Waals surface area contributed by atoms with Crippen molar-refractivity contribution in [1.29, 1.82) is 0 Å². The minimum atomic E-state index is -1.05. The molecular weight excluding hydrogens is 217 g/mol. The Kier molecular flexibility index (Phi) is 4.54. The average molecular weight is 234 g/mol. The summed E-state index contributed by atoms with van der Waals surface area (Å²) >= 11 is 6.12. The molecule has 86 valence electrons. The molecule has 1 heterocycles. The number of hydrogen-bond donors (Lipinski definition) is 1. The Balaban J connectivity index is 2.97. The Morgan fingerprint density at radius 3 is 2.67 bits per heavy atom. The largest absolute Gasteiger partial charge is 0.328 e. The number of alkyl halides is 1. The topological polar surface area (TPSA) is 43.8 Å². The van der Waals surface area contributed by atoms with Gasteiger partial charge in [0.1, 0.15) is 6.17 Å². The van der Waals surface area contributed by atoms with E-state index in [1.54, 1.807) is 4.68 Å². The van der Waals surface area contributed by atoms with Gasteiger partial charge in [-0.25, -0.2) is 4.39 Å². The molecule has 2 N–H and O–H groups in total. The van der Waals surface area contributed by atoms with E-state index in [1.807, 2.05) is 13.8 Å². The van der Waals surface area contributed by atoms with Crippen molar-refractivity contribution in [2.75, 3.05) is 6.54 Å². The Morgan fingerprint density at radius 1 is 1.53 bits per heavy atom. The van der Waals surface area contributed by atoms with Crippen molar-refractivity contribution in [2.45, 2.75) is 39.4 Å². The molecule has 15 heavy (non-hydrogen) atoms. The SMILES string of the molecule is CCc1nn(CC)c(CC(F)CN)c1Cl. The van der Waals surface area contributed by atoms with Crippen LogP contribution in [0.15, 0.2) is 0 Å². The lowest BCUT2D eigenvalue weighted by Gasteiger charge is -2.07. The Labute approximate surface area is 94.4 Å². The van der Waals surface area contributed by atoms with Gasteiger partial charge in [0.15, 0.2) is 0 Å². The van der Waals surface area contributed by atoms with Crippen molar-refractivity contribution in [3.63, 3.8) is 0 Å². The van der Waals surface area contributed by atoms with Gasteiger partial charge in [0, 0.05) is 19.5 Å². The first-order chi connectivity index (χ1) is 7.13. The molecule has 0 bridgehead atoms. The fourth-order valence-electron chi connectivity index (χ4n) is 1.51. The second-order valence-corrected chi connectivity index (χ2v) is 3.79. The van der Waals surface area contributed by atoms with Crippen molar-refractivity contribution in [3.8, 4) is 0 Å². The second kappa shape index (κ2) is 5.47. The summed E-state index contributed by atoms with van der Waals surface area (Å²) in [6, 6.07) is 0. The molecule has 1 atom stereocenters. The van der Waals surface area contributed by atoms with Crippen LogP contribution in [0.4, 0.5) is 4.39 Å². The van der Waals surface area contributed by atoms with E-state index in [0.29, 0.717) is 11.6 Å². The summed E-state index contributed by atoms with van der Waals surface area (Å²) in [5, 5.41) is 4.90. The molecule has 1 unspecified atom stereocenters. The van der Waals surface area contributed by atoms with Crippen LogP contribution in [-0.4, -0.2) is 22.5 Å². The van der Waals surface area contributed by atoms with Crippen molar-refractivity contribution >= 4 is 11.6 Å². The summed E-state index contributed by atoms with van der Waals surface area (Å²) in [7, 11) is 0. The van der Waals surface area contributed by atoms with Gasteiger partial charge in [-0.15, -0.1) is 0 Å². The molecular formula is C10H17ClFN3. The normalized spacial score (nSPS) is 13.1. The van der Waals surface area contributed by atoms with Crippen molar-refractivity contribution in [1.82, 2.24) is 9.78 Å². The third-order valence-electron chi connectivity index (χ3n) is 2.36. The number of aryl methyl sites for hydroxylation is 2. The molecule has 1 aromatic rings. The Morgan fingerprint density at radius 2 is 2.20 bits per heavy atom. The molecule has 3 nitrogen and oxygen atoms in total. The molecule has 0 saturated carbocycles. The highest BCUT2D eigenvalue weighted by molar-refractivity contribution is 6.31. The molecule has 0 radical (unpaired) electrons. The summed E-state index contributed by atoms with van der Waals surface area (Å²) in [6.07, 6.45) is -0.0385. The molecule has 0 aliphatic carbocycles. The summed E-state index contributed by atoms with van der Waals surface area (Å²) in [5.41, 5.74) is 6.84. The highest BCUT2D eigenvalue weighted by atomic mass is 35.5. The third-order valence-corrected chi connectivity index (χ3v) is 2.80. The summed E-state index contributed by atoms with van der Waals surface area (Å²) < 4.78 is 15.0. The second-order valence-electron chi connectivity index (χ2n) is 3.41. The number of rotatable bonds is 5. The first-order valence-corrected chi connectivity index (χ1v) is 5.59. The predicted molar refractivity (Wildman–Crippen MR) is 59.9 cm³/mol. The van der Waals surface area contributed by atoms with Crippen LogP contribution in [0.5, 0.6) is 0 Å². The highest BCUT2D eigenvalue weighted by Gasteiger charge is 2.17. The van der Waals surface area contributed by atoms with E-state index in [9.17, 15) is 4.39 Å². The zero-order chi connectivity index (χ0) is 11.4. The molecule has 1 rings (SSSR count). The number of halogens is 2. The van der Waals surface area contributed by atoms with E-state index in [2.05, 4.69) is 5.10 Å². The maximum Gasteiger partial charge on any atom is 0.118 e. The van der Waals surface area contributed by atoms with Crippen LogP contribution in [0, 0.1) is 0 Å². The van der Waals surface area contributed by atoms with Crippen molar-refractivity contribution < 1.29 is 4.39 Å². The quantitative estimate of drug-likeness (QED) is 0.845. The van der Waals surface area contributed by atoms with Gasteiger partial charge in [-0.05, 0) is 13.3 Å². The van der Waals surface area contributed by atoms with E-state index < -0.39 is 6.17 Å². The maximum atomic E-state index is 13.2. The number of hydrogen-bond acceptors (Lipinski definition) is 2. The number of nitrogens with two attached hydrogens (primary N) is 1. The van der Waals surface area contributed by atoms with Gasteiger partial charge < -0.3 is 5.73 Å². The summed E-state index contributed by atoms with van der Waals surface area (Å²) in [5.74, 6) is 0. The fraction of sp³-hybridized carbons (Fsp3) is 0.700. The lowest BCUT2D eigenvalue weighted by molar-refractivity contribution is 0.333. The van der Waals surface area contributed by atoms with E-state index >= 15 is 0 Å². The summed E-state index contributed by atoms with van der Waals surface area (Å²) in [4.78, 5) is 0. The molecule has 5 heteroatoms. The van der Waals surface area contributed by atoms with Crippen LogP contribution in [0.3, 0.4) is 0 Å². The number of aromatic nitrogens is 2. The zero-order valence-corrected chi connectivity index (χ0v) is 9.89. The van der Waals surface area contributed by atoms with E-state index in [1.165, 1.54) is 0 Å². The van der Waals surface area contributed by atoms with Gasteiger partial charge in [0.05, 0.1) is 16.4 Å². The monoisotopic (exact) mass is 233 g/mol. The van der Waals surface area contributed by atoms with Gasteiger partial charge in [0.2, 0.25) is 0 Å². The van der Waals surface area contributed by atoms with Gasteiger partial charge in [-0.3, -0.25) is 4.68 Å². The first-order valence-electron chi connectivity index (χ1n) is 5.22. The molecule has 0 aliphatic rings. The van der Waals surface area contributed by atoms with Crippen LogP contribution in [0.25, 0.3) is 0 Å². The smallest absolute Gasteiger partial charge is 0.118 e. The van der Waals surface area contributed by atoms with Crippen LogP contribution in [0.2, 0.25) is 5.02 Å². The van der Waals surface area contributed by atoms with E-state index in [4.69, 9.17) is 17.3 Å². The summed E-state index contributed by atoms with van der Waals surface area (Å²) in [6.45, 7) is 4.66. The molecule has 0 spiro atoms. The van der Waals surface area contributed by atoms with Gasteiger partial charge in [-0.2, -0.15) is 5.10 Å². The predicted octanol–water partition coefficient (Wildman–Crippen LogP) is 1.96. The molecule has 0 aliphatic heterocycles. The van der Waals surface area contributed by atoms with Gasteiger partial charge in [0.25, 0.3) is 0 Å². The standard InChI is InChI=1S/C10H17ClFN3/c1-3-8-10(11)9(5-7(12)6-13)15(4-2)14-8/h7H,3-6,13H2,1-2H3. The minimum absolute atomic E-state index is 0.0205. The number of nitrogens with zero attached hydrogens (tertiary/aromatic N) is 2. The van der Waals surface area contributed by atoms with Crippen molar-refractivity contribution in [2.24, 2.45) is 5.73 Å². The Bertz CT molecular complexity index is 325. The first kappa shape index (κ1) is 12.5. The van der Waals surface area contributed by atoms with Gasteiger partial charge >= 0.3 is 0 Å². The van der Waals surface area contributed by atoms with Crippen LogP contribution >= 0.6 is 11.6 Å². The van der Waals surface area contributed by atoms with Crippen LogP contribution in [-0.2, 0) is 19.4 Å². The minimum Gasteiger partial charge on any atom is -0.328 e. The fourth-order valence-corrected chi connectivity index (χ4v) is 1.85. The van der Waals surface area contributed by atoms with Crippen LogP contribution < -0.4 is 5.73 Å². The molecule has 0 saturated heterocycles. The zero-order valence-electron chi connectivity index (χ0n) is 9.13. The van der Waals surface area contributed by atoms with Crippen LogP contribution in [0.1, 0.15) is 25.2 Å². The maximum absolute atomic E-state index is 13.2. The van der Waals surface area contributed by atoms with Crippen molar-refractivity contribution in [3.05, 3.63) is 16.4 Å². The molecule has 0 fully saturated rings. The average Bonchev–Trinajstić information content (AvgIpc) is 2.55. The van der Waals surface area contributed by atoms with Gasteiger partial charge in [-0.1, -0.05) is 18.5 Å². The molecule has 1 aromatic heterocycles. The van der Waals surface area contributed by atoms with E-state index in [-0.39, 0.29) is 13.0 Å². The highest BCUT2D eigenvalue weighted by Crippen LogP contribution is 2.23. The third kappa shape index (κ3) is 2.69.